The predicted molar refractivity (Wildman–Crippen MR) is 83.1 cm³/mol. The van der Waals surface area contributed by atoms with Crippen LogP contribution in [0.15, 0.2) is 45.6 Å². The van der Waals surface area contributed by atoms with Crippen molar-refractivity contribution in [2.24, 2.45) is 0 Å². The first-order valence-electron chi connectivity index (χ1n) is 6.44. The SMILES string of the molecule is O=C(c1csc(Br)c1)N1CCOC(c2ccccc2)C1. The lowest BCUT2D eigenvalue weighted by atomic mass is 10.1. The molecular weight excluding hydrogens is 338 g/mol. The molecule has 1 aromatic carbocycles. The van der Waals surface area contributed by atoms with Crippen LogP contribution in [-0.4, -0.2) is 30.5 Å². The fourth-order valence-electron chi connectivity index (χ4n) is 2.31. The summed E-state index contributed by atoms with van der Waals surface area (Å²) in [5, 5.41) is 1.89. The summed E-state index contributed by atoms with van der Waals surface area (Å²) in [4.78, 5) is 14.3. The van der Waals surface area contributed by atoms with Crippen molar-refractivity contribution in [1.29, 1.82) is 0 Å². The Hall–Kier alpha value is -1.17. The third-order valence-corrected chi connectivity index (χ3v) is 4.84. The third-order valence-electron chi connectivity index (χ3n) is 3.34. The van der Waals surface area contributed by atoms with Gasteiger partial charge in [0.05, 0.1) is 22.5 Å². The van der Waals surface area contributed by atoms with Gasteiger partial charge in [0.1, 0.15) is 6.10 Å². The lowest BCUT2D eigenvalue weighted by Gasteiger charge is -2.33. The second kappa shape index (κ2) is 6.08. The minimum Gasteiger partial charge on any atom is -0.370 e. The van der Waals surface area contributed by atoms with E-state index in [0.717, 1.165) is 14.9 Å². The number of morpholine rings is 1. The van der Waals surface area contributed by atoms with Gasteiger partial charge in [0.2, 0.25) is 0 Å². The molecule has 1 fully saturated rings. The second-order valence-electron chi connectivity index (χ2n) is 4.66. The summed E-state index contributed by atoms with van der Waals surface area (Å²) in [5.41, 5.74) is 1.87. The zero-order valence-corrected chi connectivity index (χ0v) is 13.2. The summed E-state index contributed by atoms with van der Waals surface area (Å²) in [6.45, 7) is 1.84. The molecule has 0 saturated carbocycles. The molecular formula is C15H14BrNO2S. The van der Waals surface area contributed by atoms with Gasteiger partial charge >= 0.3 is 0 Å². The predicted octanol–water partition coefficient (Wildman–Crippen LogP) is 3.72. The molecule has 0 spiro atoms. The maximum atomic E-state index is 12.4. The van der Waals surface area contributed by atoms with E-state index in [1.165, 1.54) is 11.3 Å². The molecule has 0 bridgehead atoms. The molecule has 1 saturated heterocycles. The third kappa shape index (κ3) is 2.95. The van der Waals surface area contributed by atoms with Gasteiger partial charge in [-0.15, -0.1) is 11.3 Å². The highest BCUT2D eigenvalue weighted by molar-refractivity contribution is 9.11. The van der Waals surface area contributed by atoms with Crippen LogP contribution in [0.25, 0.3) is 0 Å². The highest BCUT2D eigenvalue weighted by Gasteiger charge is 2.26. The quantitative estimate of drug-likeness (QED) is 0.824. The molecule has 1 atom stereocenters. The first-order chi connectivity index (χ1) is 9.74. The number of carbonyl (C=O) groups excluding carboxylic acids is 1. The Balaban J connectivity index is 1.74. The summed E-state index contributed by atoms with van der Waals surface area (Å²) in [5.74, 6) is 0.0798. The largest absolute Gasteiger partial charge is 0.370 e. The van der Waals surface area contributed by atoms with Crippen molar-refractivity contribution in [3.8, 4) is 0 Å². The van der Waals surface area contributed by atoms with E-state index in [2.05, 4.69) is 15.9 Å². The van der Waals surface area contributed by atoms with Crippen LogP contribution in [0, 0.1) is 0 Å². The molecule has 1 unspecified atom stereocenters. The van der Waals surface area contributed by atoms with E-state index in [1.54, 1.807) is 0 Å². The molecule has 5 heteroatoms. The fourth-order valence-corrected chi connectivity index (χ4v) is 3.44. The van der Waals surface area contributed by atoms with Crippen LogP contribution in [0.3, 0.4) is 0 Å². The van der Waals surface area contributed by atoms with Crippen molar-refractivity contribution in [3.63, 3.8) is 0 Å². The summed E-state index contributed by atoms with van der Waals surface area (Å²) in [7, 11) is 0. The summed E-state index contributed by atoms with van der Waals surface area (Å²) in [6, 6.07) is 11.9. The Kier molecular flexibility index (Phi) is 4.19. The van der Waals surface area contributed by atoms with Crippen molar-refractivity contribution in [1.82, 2.24) is 4.90 Å². The Labute approximate surface area is 130 Å². The maximum Gasteiger partial charge on any atom is 0.254 e. The topological polar surface area (TPSA) is 29.5 Å². The molecule has 1 aromatic heterocycles. The van der Waals surface area contributed by atoms with Gasteiger partial charge in [-0.1, -0.05) is 30.3 Å². The van der Waals surface area contributed by atoms with E-state index < -0.39 is 0 Å². The average Bonchev–Trinajstić information content (AvgIpc) is 2.94. The lowest BCUT2D eigenvalue weighted by Crippen LogP contribution is -2.42. The van der Waals surface area contributed by atoms with E-state index in [1.807, 2.05) is 46.7 Å². The molecule has 0 aliphatic carbocycles. The number of rotatable bonds is 2. The highest BCUT2D eigenvalue weighted by Crippen LogP contribution is 2.25. The van der Waals surface area contributed by atoms with Crippen molar-refractivity contribution >= 4 is 33.2 Å². The van der Waals surface area contributed by atoms with Crippen LogP contribution in [0.4, 0.5) is 0 Å². The Morgan fingerprint density at radius 3 is 2.85 bits per heavy atom. The number of amides is 1. The van der Waals surface area contributed by atoms with Gasteiger partial charge in [0, 0.05) is 11.9 Å². The molecule has 1 aliphatic rings. The van der Waals surface area contributed by atoms with E-state index in [-0.39, 0.29) is 12.0 Å². The number of halogens is 1. The molecule has 3 rings (SSSR count). The van der Waals surface area contributed by atoms with Crippen molar-refractivity contribution in [2.45, 2.75) is 6.10 Å². The molecule has 104 valence electrons. The first kappa shape index (κ1) is 13.8. The average molecular weight is 352 g/mol. The Morgan fingerprint density at radius 2 is 2.15 bits per heavy atom. The molecule has 2 aromatic rings. The monoisotopic (exact) mass is 351 g/mol. The molecule has 3 nitrogen and oxygen atoms in total. The second-order valence-corrected chi connectivity index (χ2v) is 6.95. The zero-order valence-electron chi connectivity index (χ0n) is 10.8. The van der Waals surface area contributed by atoms with Crippen LogP contribution >= 0.6 is 27.3 Å². The van der Waals surface area contributed by atoms with Gasteiger partial charge in [-0.05, 0) is 27.6 Å². The zero-order chi connectivity index (χ0) is 13.9. The smallest absolute Gasteiger partial charge is 0.254 e. The first-order valence-corrected chi connectivity index (χ1v) is 8.11. The number of thiophene rings is 1. The Bertz CT molecular complexity index is 599. The molecule has 0 N–H and O–H groups in total. The molecule has 0 radical (unpaired) electrons. The van der Waals surface area contributed by atoms with Gasteiger partial charge in [-0.3, -0.25) is 4.79 Å². The normalized spacial score (nSPS) is 19.1. The number of nitrogens with zero attached hydrogens (tertiary/aromatic N) is 1. The maximum absolute atomic E-state index is 12.4. The van der Waals surface area contributed by atoms with E-state index in [0.29, 0.717) is 19.7 Å². The van der Waals surface area contributed by atoms with Crippen LogP contribution in [0.1, 0.15) is 22.0 Å². The van der Waals surface area contributed by atoms with Crippen LogP contribution < -0.4 is 0 Å². The number of ether oxygens (including phenoxy) is 1. The number of carbonyl (C=O) groups is 1. The van der Waals surface area contributed by atoms with Crippen molar-refractivity contribution in [2.75, 3.05) is 19.7 Å². The van der Waals surface area contributed by atoms with E-state index in [9.17, 15) is 4.79 Å². The Morgan fingerprint density at radius 1 is 1.35 bits per heavy atom. The minimum atomic E-state index is -0.0315. The van der Waals surface area contributed by atoms with Crippen LogP contribution in [0.5, 0.6) is 0 Å². The van der Waals surface area contributed by atoms with Gasteiger partial charge in [-0.2, -0.15) is 0 Å². The van der Waals surface area contributed by atoms with Gasteiger partial charge < -0.3 is 9.64 Å². The van der Waals surface area contributed by atoms with Gasteiger partial charge in [-0.25, -0.2) is 0 Å². The van der Waals surface area contributed by atoms with Crippen LogP contribution in [0.2, 0.25) is 0 Å². The number of benzene rings is 1. The molecule has 2 heterocycles. The molecule has 20 heavy (non-hydrogen) atoms. The number of hydrogen-bond acceptors (Lipinski definition) is 3. The van der Waals surface area contributed by atoms with E-state index in [4.69, 9.17) is 4.74 Å². The van der Waals surface area contributed by atoms with Crippen molar-refractivity contribution < 1.29 is 9.53 Å². The fraction of sp³-hybridized carbons (Fsp3) is 0.267. The van der Waals surface area contributed by atoms with Crippen molar-refractivity contribution in [3.05, 3.63) is 56.7 Å². The summed E-state index contributed by atoms with van der Waals surface area (Å²) >= 11 is 4.93. The molecule has 1 aliphatic heterocycles. The number of hydrogen-bond donors (Lipinski definition) is 0. The van der Waals surface area contributed by atoms with Gasteiger partial charge in [0.25, 0.3) is 5.91 Å². The highest BCUT2D eigenvalue weighted by atomic mass is 79.9. The van der Waals surface area contributed by atoms with E-state index >= 15 is 0 Å². The van der Waals surface area contributed by atoms with Gasteiger partial charge in [0.15, 0.2) is 0 Å². The summed E-state index contributed by atoms with van der Waals surface area (Å²) in [6.07, 6.45) is -0.0315. The lowest BCUT2D eigenvalue weighted by molar-refractivity contribution is -0.0228. The molecule has 1 amide bonds. The minimum absolute atomic E-state index is 0.0315. The standard InChI is InChI=1S/C15H14BrNO2S/c16-14-8-12(10-20-14)15(18)17-6-7-19-13(9-17)11-4-2-1-3-5-11/h1-5,8,10,13H,6-7,9H2. The van der Waals surface area contributed by atoms with Crippen LogP contribution in [-0.2, 0) is 4.74 Å². The summed E-state index contributed by atoms with van der Waals surface area (Å²) < 4.78 is 6.77.